The minimum atomic E-state index is -0.948. The lowest BCUT2D eigenvalue weighted by atomic mass is 10.1. The Morgan fingerprint density at radius 3 is 2.55 bits per heavy atom. The molecule has 0 bridgehead atoms. The largest absolute Gasteiger partial charge is 0.335 e. The maximum Gasteiger partial charge on any atom is 0.254 e. The first kappa shape index (κ1) is 15.6. The number of amides is 1. The van der Waals surface area contributed by atoms with Crippen LogP contribution < -0.4 is 0 Å². The number of carbonyl (C=O) groups is 1. The van der Waals surface area contributed by atoms with Gasteiger partial charge in [-0.1, -0.05) is 12.1 Å². The Balaban J connectivity index is 2.25. The van der Waals surface area contributed by atoms with Crippen LogP contribution in [-0.4, -0.2) is 17.9 Å². The molecule has 1 amide bonds. The second-order valence-corrected chi connectivity index (χ2v) is 4.96. The topological polar surface area (TPSA) is 44.1 Å². The van der Waals surface area contributed by atoms with Crippen molar-refractivity contribution in [2.45, 2.75) is 13.0 Å². The van der Waals surface area contributed by atoms with Crippen molar-refractivity contribution in [1.29, 1.82) is 5.26 Å². The lowest BCUT2D eigenvalue weighted by molar-refractivity contribution is 0.0742. The summed E-state index contributed by atoms with van der Waals surface area (Å²) in [4.78, 5) is 13.8. The average Bonchev–Trinajstić information content (AvgIpc) is 2.55. The predicted octanol–water partition coefficient (Wildman–Crippen LogP) is 3.67. The van der Waals surface area contributed by atoms with Crippen LogP contribution in [0.15, 0.2) is 42.5 Å². The molecule has 0 saturated heterocycles. The highest BCUT2D eigenvalue weighted by Gasteiger charge is 2.20. The number of hydrogen-bond acceptors (Lipinski definition) is 2. The van der Waals surface area contributed by atoms with Crippen molar-refractivity contribution in [3.8, 4) is 6.07 Å². The van der Waals surface area contributed by atoms with Gasteiger partial charge in [-0.05, 0) is 42.8 Å². The van der Waals surface area contributed by atoms with E-state index in [2.05, 4.69) is 0 Å². The van der Waals surface area contributed by atoms with Crippen molar-refractivity contribution in [3.05, 3.63) is 70.8 Å². The molecule has 2 aromatic rings. The Bertz CT molecular complexity index is 753. The molecule has 112 valence electrons. The summed E-state index contributed by atoms with van der Waals surface area (Å²) in [5.74, 6) is -2.17. The summed E-state index contributed by atoms with van der Waals surface area (Å²) in [7, 11) is 1.58. The standard InChI is InChI=1S/C17H14F2N2O/c1-11(13-6-7-15(18)16(19)9-13)21(2)17(22)14-5-3-4-12(8-14)10-20/h3-9,11H,1-2H3. The van der Waals surface area contributed by atoms with Crippen molar-refractivity contribution < 1.29 is 13.6 Å². The second-order valence-electron chi connectivity index (χ2n) is 4.96. The SMILES string of the molecule is CC(c1ccc(F)c(F)c1)N(C)C(=O)c1cccc(C#N)c1. The van der Waals surface area contributed by atoms with Gasteiger partial charge in [-0.15, -0.1) is 0 Å². The normalized spacial score (nSPS) is 11.6. The summed E-state index contributed by atoms with van der Waals surface area (Å²) in [5, 5.41) is 8.87. The van der Waals surface area contributed by atoms with E-state index in [0.717, 1.165) is 12.1 Å². The molecule has 22 heavy (non-hydrogen) atoms. The monoisotopic (exact) mass is 300 g/mol. The maximum atomic E-state index is 13.3. The molecular weight excluding hydrogens is 286 g/mol. The van der Waals surface area contributed by atoms with Crippen LogP contribution in [0.25, 0.3) is 0 Å². The van der Waals surface area contributed by atoms with E-state index >= 15 is 0 Å². The number of nitriles is 1. The van der Waals surface area contributed by atoms with Gasteiger partial charge >= 0.3 is 0 Å². The summed E-state index contributed by atoms with van der Waals surface area (Å²) < 4.78 is 26.3. The molecule has 1 unspecified atom stereocenters. The fourth-order valence-corrected chi connectivity index (χ4v) is 2.10. The molecule has 0 radical (unpaired) electrons. The summed E-state index contributed by atoms with van der Waals surface area (Å²) >= 11 is 0. The molecule has 3 nitrogen and oxygen atoms in total. The lowest BCUT2D eigenvalue weighted by Gasteiger charge is -2.25. The third-order valence-electron chi connectivity index (χ3n) is 3.57. The molecule has 1 atom stereocenters. The molecule has 5 heteroatoms. The van der Waals surface area contributed by atoms with E-state index in [9.17, 15) is 13.6 Å². The average molecular weight is 300 g/mol. The Labute approximate surface area is 127 Å². The number of carbonyl (C=O) groups excluding carboxylic acids is 1. The number of rotatable bonds is 3. The van der Waals surface area contributed by atoms with E-state index in [-0.39, 0.29) is 5.91 Å². The third kappa shape index (κ3) is 3.12. The maximum absolute atomic E-state index is 13.3. The van der Waals surface area contributed by atoms with Crippen LogP contribution in [0.2, 0.25) is 0 Å². The molecular formula is C17H14F2N2O. The zero-order valence-corrected chi connectivity index (χ0v) is 12.2. The van der Waals surface area contributed by atoms with Crippen LogP contribution in [0, 0.1) is 23.0 Å². The molecule has 0 aromatic heterocycles. The first-order valence-electron chi connectivity index (χ1n) is 6.66. The highest BCUT2D eigenvalue weighted by Crippen LogP contribution is 2.22. The van der Waals surface area contributed by atoms with Crippen LogP contribution in [0.5, 0.6) is 0 Å². The quantitative estimate of drug-likeness (QED) is 0.868. The molecule has 0 N–H and O–H groups in total. The Hall–Kier alpha value is -2.74. The van der Waals surface area contributed by atoms with E-state index in [0.29, 0.717) is 16.7 Å². The van der Waals surface area contributed by atoms with E-state index in [1.807, 2.05) is 6.07 Å². The Morgan fingerprint density at radius 1 is 1.18 bits per heavy atom. The molecule has 0 aliphatic rings. The van der Waals surface area contributed by atoms with Gasteiger partial charge in [-0.3, -0.25) is 4.79 Å². The molecule has 0 aliphatic carbocycles. The van der Waals surface area contributed by atoms with Crippen molar-refractivity contribution in [3.63, 3.8) is 0 Å². The van der Waals surface area contributed by atoms with Crippen LogP contribution in [-0.2, 0) is 0 Å². The zero-order chi connectivity index (χ0) is 16.3. The summed E-state index contributed by atoms with van der Waals surface area (Å²) in [6.45, 7) is 1.72. The Morgan fingerprint density at radius 2 is 1.91 bits per heavy atom. The molecule has 0 heterocycles. The Kier molecular flexibility index (Phi) is 4.52. The fraction of sp³-hybridized carbons (Fsp3) is 0.176. The van der Waals surface area contributed by atoms with Gasteiger partial charge in [0, 0.05) is 12.6 Å². The van der Waals surface area contributed by atoms with Crippen molar-refractivity contribution in [1.82, 2.24) is 4.90 Å². The molecule has 0 saturated carbocycles. The van der Waals surface area contributed by atoms with Gasteiger partial charge in [0.25, 0.3) is 5.91 Å². The van der Waals surface area contributed by atoms with Crippen molar-refractivity contribution >= 4 is 5.91 Å². The van der Waals surface area contributed by atoms with Gasteiger partial charge in [0.15, 0.2) is 11.6 Å². The zero-order valence-electron chi connectivity index (χ0n) is 12.2. The lowest BCUT2D eigenvalue weighted by Crippen LogP contribution is -2.29. The second kappa shape index (κ2) is 6.35. The van der Waals surface area contributed by atoms with Crippen LogP contribution >= 0.6 is 0 Å². The smallest absolute Gasteiger partial charge is 0.254 e. The minimum Gasteiger partial charge on any atom is -0.335 e. The van der Waals surface area contributed by atoms with E-state index < -0.39 is 17.7 Å². The van der Waals surface area contributed by atoms with Crippen molar-refractivity contribution in [2.75, 3.05) is 7.05 Å². The number of benzene rings is 2. The third-order valence-corrected chi connectivity index (χ3v) is 3.57. The predicted molar refractivity (Wildman–Crippen MR) is 78.0 cm³/mol. The van der Waals surface area contributed by atoms with Crippen LogP contribution in [0.3, 0.4) is 0 Å². The van der Waals surface area contributed by atoms with Crippen LogP contribution in [0.4, 0.5) is 8.78 Å². The molecule has 0 fully saturated rings. The number of nitrogens with zero attached hydrogens (tertiary/aromatic N) is 2. The summed E-state index contributed by atoms with van der Waals surface area (Å²) in [6, 6.07) is 11.4. The van der Waals surface area contributed by atoms with Gasteiger partial charge in [0.05, 0.1) is 17.7 Å². The number of hydrogen-bond donors (Lipinski definition) is 0. The van der Waals surface area contributed by atoms with Crippen molar-refractivity contribution in [2.24, 2.45) is 0 Å². The van der Waals surface area contributed by atoms with Gasteiger partial charge in [0.2, 0.25) is 0 Å². The molecule has 2 rings (SSSR count). The first-order valence-corrected chi connectivity index (χ1v) is 6.66. The van der Waals surface area contributed by atoms with Gasteiger partial charge in [-0.2, -0.15) is 5.26 Å². The van der Waals surface area contributed by atoms with Crippen LogP contribution in [0.1, 0.15) is 34.5 Å². The van der Waals surface area contributed by atoms with Gasteiger partial charge in [0.1, 0.15) is 0 Å². The molecule has 2 aromatic carbocycles. The molecule has 0 aliphatic heterocycles. The van der Waals surface area contributed by atoms with E-state index in [1.165, 1.54) is 17.0 Å². The molecule has 0 spiro atoms. The summed E-state index contributed by atoms with van der Waals surface area (Å²) in [5.41, 5.74) is 1.25. The van der Waals surface area contributed by atoms with E-state index in [1.54, 1.807) is 32.2 Å². The van der Waals surface area contributed by atoms with Gasteiger partial charge in [-0.25, -0.2) is 8.78 Å². The fourth-order valence-electron chi connectivity index (χ4n) is 2.10. The minimum absolute atomic E-state index is 0.297. The summed E-state index contributed by atoms with van der Waals surface area (Å²) in [6.07, 6.45) is 0. The first-order chi connectivity index (χ1) is 10.4. The van der Waals surface area contributed by atoms with Gasteiger partial charge < -0.3 is 4.90 Å². The highest BCUT2D eigenvalue weighted by molar-refractivity contribution is 5.94. The van der Waals surface area contributed by atoms with E-state index in [4.69, 9.17) is 5.26 Å². The highest BCUT2D eigenvalue weighted by atomic mass is 19.2. The number of halogens is 2.